The first kappa shape index (κ1) is 18.4. The van der Waals surface area contributed by atoms with E-state index in [-0.39, 0.29) is 28.4 Å². The minimum atomic E-state index is -0.314. The fourth-order valence-electron chi connectivity index (χ4n) is 2.63. The quantitative estimate of drug-likeness (QED) is 0.450. The van der Waals surface area contributed by atoms with Gasteiger partial charge in [-0.1, -0.05) is 16.8 Å². The number of ketones is 2. The predicted molar refractivity (Wildman–Crippen MR) is 94.9 cm³/mol. The highest BCUT2D eigenvalue weighted by Gasteiger charge is 2.31. The van der Waals surface area contributed by atoms with Gasteiger partial charge in [-0.25, -0.2) is 0 Å². The summed E-state index contributed by atoms with van der Waals surface area (Å²) < 4.78 is 10.8. The SMILES string of the molecule is CON=C(CC=C(C)C)c1cc(OC)c2c(c1OC)C(=O)C=CC2=O. The number of carbonyl (C=O) groups is 2. The second-order valence-corrected chi connectivity index (χ2v) is 5.68. The number of nitrogens with zero attached hydrogens (tertiary/aromatic N) is 1. The van der Waals surface area contributed by atoms with Gasteiger partial charge >= 0.3 is 0 Å². The summed E-state index contributed by atoms with van der Waals surface area (Å²) in [6.07, 6.45) is 4.93. The molecule has 6 nitrogen and oxygen atoms in total. The van der Waals surface area contributed by atoms with Crippen LogP contribution in [0.4, 0.5) is 0 Å². The summed E-state index contributed by atoms with van der Waals surface area (Å²) in [5.41, 5.74) is 2.62. The Morgan fingerprint density at radius 1 is 1.04 bits per heavy atom. The zero-order chi connectivity index (χ0) is 18.6. The Hall–Kier alpha value is -2.89. The Kier molecular flexibility index (Phi) is 5.75. The standard InChI is InChI=1S/C19H21NO5/c1-11(2)6-7-13(20-25-5)12-10-16(23-3)17-14(21)8-9-15(22)18(17)19(12)24-4/h6,8-10H,7H2,1-5H3. The van der Waals surface area contributed by atoms with Crippen LogP contribution in [0, 0.1) is 0 Å². The van der Waals surface area contributed by atoms with E-state index in [1.54, 1.807) is 6.07 Å². The molecule has 2 rings (SSSR count). The lowest BCUT2D eigenvalue weighted by atomic mass is 9.89. The van der Waals surface area contributed by atoms with Crippen LogP contribution in [0.1, 0.15) is 46.5 Å². The van der Waals surface area contributed by atoms with E-state index in [4.69, 9.17) is 14.3 Å². The monoisotopic (exact) mass is 343 g/mol. The third kappa shape index (κ3) is 3.63. The van der Waals surface area contributed by atoms with Crippen molar-refractivity contribution < 1.29 is 23.9 Å². The number of benzene rings is 1. The van der Waals surface area contributed by atoms with E-state index in [0.29, 0.717) is 23.4 Å². The van der Waals surface area contributed by atoms with E-state index in [1.807, 2.05) is 19.9 Å². The fourth-order valence-corrected chi connectivity index (χ4v) is 2.63. The third-order valence-electron chi connectivity index (χ3n) is 3.76. The van der Waals surface area contributed by atoms with Gasteiger partial charge in [0.05, 0.1) is 31.1 Å². The molecule has 0 bridgehead atoms. The molecule has 25 heavy (non-hydrogen) atoms. The Labute approximate surface area is 146 Å². The zero-order valence-corrected chi connectivity index (χ0v) is 15.0. The molecule has 0 amide bonds. The van der Waals surface area contributed by atoms with Gasteiger partial charge < -0.3 is 14.3 Å². The normalized spacial score (nSPS) is 13.4. The summed E-state index contributed by atoms with van der Waals surface area (Å²) in [6, 6.07) is 1.65. The number of hydrogen-bond acceptors (Lipinski definition) is 6. The van der Waals surface area contributed by atoms with Crippen molar-refractivity contribution in [2.24, 2.45) is 5.16 Å². The molecule has 132 valence electrons. The molecule has 0 aliphatic heterocycles. The van der Waals surface area contributed by atoms with Crippen LogP contribution in [0.5, 0.6) is 11.5 Å². The number of fused-ring (bicyclic) bond motifs is 1. The highest BCUT2D eigenvalue weighted by atomic mass is 16.6. The number of rotatable bonds is 6. The van der Waals surface area contributed by atoms with Crippen molar-refractivity contribution in [2.75, 3.05) is 21.3 Å². The molecule has 0 saturated heterocycles. The second kappa shape index (κ2) is 7.79. The average molecular weight is 343 g/mol. The molecule has 0 atom stereocenters. The molecule has 0 fully saturated rings. The fraction of sp³-hybridized carbons (Fsp3) is 0.316. The van der Waals surface area contributed by atoms with Gasteiger partial charge in [-0.2, -0.15) is 0 Å². The first-order valence-electron chi connectivity index (χ1n) is 7.74. The highest BCUT2D eigenvalue weighted by molar-refractivity contribution is 6.25. The minimum Gasteiger partial charge on any atom is -0.496 e. The smallest absolute Gasteiger partial charge is 0.190 e. The van der Waals surface area contributed by atoms with Gasteiger partial charge in [0, 0.05) is 12.0 Å². The predicted octanol–water partition coefficient (Wildman–Crippen LogP) is 3.35. The van der Waals surface area contributed by atoms with E-state index >= 15 is 0 Å². The summed E-state index contributed by atoms with van der Waals surface area (Å²) in [7, 11) is 4.35. The van der Waals surface area contributed by atoms with E-state index in [9.17, 15) is 9.59 Å². The summed E-state index contributed by atoms with van der Waals surface area (Å²) in [6.45, 7) is 3.95. The van der Waals surface area contributed by atoms with Gasteiger partial charge in [-0.15, -0.1) is 0 Å². The summed E-state index contributed by atoms with van der Waals surface area (Å²) in [5.74, 6) is -0.0256. The maximum Gasteiger partial charge on any atom is 0.190 e. The molecule has 0 spiro atoms. The van der Waals surface area contributed by atoms with Crippen LogP contribution in [-0.4, -0.2) is 38.6 Å². The van der Waals surface area contributed by atoms with Gasteiger partial charge in [0.1, 0.15) is 18.6 Å². The highest BCUT2D eigenvalue weighted by Crippen LogP contribution is 2.38. The molecule has 0 N–H and O–H groups in total. The largest absolute Gasteiger partial charge is 0.496 e. The topological polar surface area (TPSA) is 74.2 Å². The van der Waals surface area contributed by atoms with Gasteiger partial charge in [-0.05, 0) is 32.1 Å². The van der Waals surface area contributed by atoms with Crippen LogP contribution in [0.15, 0.2) is 35.0 Å². The molecule has 0 heterocycles. The summed E-state index contributed by atoms with van der Waals surface area (Å²) in [5, 5.41) is 4.07. The van der Waals surface area contributed by atoms with Crippen molar-refractivity contribution in [3.8, 4) is 11.5 Å². The third-order valence-corrected chi connectivity index (χ3v) is 3.76. The zero-order valence-electron chi connectivity index (χ0n) is 15.0. The van der Waals surface area contributed by atoms with Crippen molar-refractivity contribution in [2.45, 2.75) is 20.3 Å². The van der Waals surface area contributed by atoms with Crippen molar-refractivity contribution in [1.82, 2.24) is 0 Å². The Morgan fingerprint density at radius 2 is 1.68 bits per heavy atom. The number of oxime groups is 1. The van der Waals surface area contributed by atoms with Crippen LogP contribution < -0.4 is 9.47 Å². The lowest BCUT2D eigenvalue weighted by Gasteiger charge is -2.20. The van der Waals surface area contributed by atoms with Gasteiger partial charge in [0.15, 0.2) is 11.6 Å². The first-order chi connectivity index (χ1) is 11.9. The molecular weight excluding hydrogens is 322 g/mol. The van der Waals surface area contributed by atoms with Crippen LogP contribution in [-0.2, 0) is 4.84 Å². The molecule has 1 aromatic carbocycles. The lowest BCUT2D eigenvalue weighted by molar-refractivity contribution is 0.0989. The molecule has 1 aliphatic carbocycles. The Morgan fingerprint density at radius 3 is 2.20 bits per heavy atom. The Balaban J connectivity index is 2.77. The van der Waals surface area contributed by atoms with Crippen LogP contribution >= 0.6 is 0 Å². The van der Waals surface area contributed by atoms with E-state index in [2.05, 4.69) is 5.16 Å². The minimum absolute atomic E-state index is 0.186. The first-order valence-corrected chi connectivity index (χ1v) is 7.74. The molecule has 6 heteroatoms. The number of hydrogen-bond donors (Lipinski definition) is 0. The summed E-state index contributed by atoms with van der Waals surface area (Å²) >= 11 is 0. The van der Waals surface area contributed by atoms with Crippen molar-refractivity contribution in [3.05, 3.63) is 46.6 Å². The molecule has 1 aliphatic rings. The molecular formula is C19H21NO5. The van der Waals surface area contributed by atoms with Gasteiger partial charge in [-0.3, -0.25) is 9.59 Å². The Bertz CT molecular complexity index is 799. The molecule has 0 saturated carbocycles. The van der Waals surface area contributed by atoms with Gasteiger partial charge in [0.25, 0.3) is 0 Å². The maximum absolute atomic E-state index is 12.4. The van der Waals surface area contributed by atoms with E-state index in [1.165, 1.54) is 33.5 Å². The number of ether oxygens (including phenoxy) is 2. The van der Waals surface area contributed by atoms with Crippen molar-refractivity contribution in [3.63, 3.8) is 0 Å². The maximum atomic E-state index is 12.4. The number of allylic oxidation sites excluding steroid dienone is 4. The second-order valence-electron chi connectivity index (χ2n) is 5.68. The average Bonchev–Trinajstić information content (AvgIpc) is 2.60. The van der Waals surface area contributed by atoms with Crippen LogP contribution in [0.2, 0.25) is 0 Å². The molecule has 0 radical (unpaired) electrons. The molecule has 1 aromatic rings. The summed E-state index contributed by atoms with van der Waals surface area (Å²) in [4.78, 5) is 29.6. The molecule has 0 aromatic heterocycles. The van der Waals surface area contributed by atoms with E-state index in [0.717, 1.165) is 5.57 Å². The van der Waals surface area contributed by atoms with Gasteiger partial charge in [0.2, 0.25) is 0 Å². The molecule has 0 unspecified atom stereocenters. The van der Waals surface area contributed by atoms with Crippen LogP contribution in [0.25, 0.3) is 0 Å². The number of methoxy groups -OCH3 is 2. The van der Waals surface area contributed by atoms with Crippen molar-refractivity contribution in [1.29, 1.82) is 0 Å². The van der Waals surface area contributed by atoms with Crippen LogP contribution in [0.3, 0.4) is 0 Å². The number of carbonyl (C=O) groups excluding carboxylic acids is 2. The van der Waals surface area contributed by atoms with E-state index < -0.39 is 0 Å². The lowest BCUT2D eigenvalue weighted by Crippen LogP contribution is -2.17. The van der Waals surface area contributed by atoms with Crippen molar-refractivity contribution >= 4 is 17.3 Å².